The fourth-order valence-electron chi connectivity index (χ4n) is 3.00. The average Bonchev–Trinajstić information content (AvgIpc) is 3.22. The molecule has 0 radical (unpaired) electrons. The van der Waals surface area contributed by atoms with E-state index >= 15 is 0 Å². The summed E-state index contributed by atoms with van der Waals surface area (Å²) < 4.78 is 16.8. The Morgan fingerprint density at radius 1 is 1.23 bits per heavy atom. The molecule has 0 aliphatic carbocycles. The van der Waals surface area contributed by atoms with Crippen LogP contribution in [0.25, 0.3) is 0 Å². The monoisotopic (exact) mass is 514 g/mol. The predicted octanol–water partition coefficient (Wildman–Crippen LogP) is 3.38. The van der Waals surface area contributed by atoms with Gasteiger partial charge in [0.25, 0.3) is 5.91 Å². The maximum absolute atomic E-state index is 12.6. The lowest BCUT2D eigenvalue weighted by Crippen LogP contribution is -2.42. The topological polar surface area (TPSA) is 106 Å². The number of halogens is 1. The van der Waals surface area contributed by atoms with Gasteiger partial charge in [0.05, 0.1) is 28.4 Å². The van der Waals surface area contributed by atoms with E-state index in [-0.39, 0.29) is 25.7 Å². The average molecular weight is 515 g/mol. The van der Waals surface area contributed by atoms with E-state index in [1.165, 1.54) is 11.3 Å². The standard InChI is InChI=1S/C21H27BrN2O6S/c1-3-29-13-30-12-16(23-21(26)18-7-8-19(22)31-18)11-15(20(25)24-27)9-14-5-4-6-17(10-14)28-2/h4-8,10,15-16,27H,3,9,11-13H2,1-2H3,(H,23,26)(H,24,25). The number of hydrogen-bond acceptors (Lipinski definition) is 7. The van der Waals surface area contributed by atoms with E-state index in [0.717, 1.165) is 9.35 Å². The second kappa shape index (κ2) is 13.4. The summed E-state index contributed by atoms with van der Waals surface area (Å²) in [5, 5.41) is 12.2. The molecular formula is C21H27BrN2O6S. The maximum Gasteiger partial charge on any atom is 0.261 e. The van der Waals surface area contributed by atoms with Gasteiger partial charge < -0.3 is 19.5 Å². The van der Waals surface area contributed by atoms with Crippen molar-refractivity contribution in [1.82, 2.24) is 10.8 Å². The molecule has 0 fully saturated rings. The first-order chi connectivity index (χ1) is 15.0. The van der Waals surface area contributed by atoms with E-state index in [9.17, 15) is 14.8 Å². The van der Waals surface area contributed by atoms with Gasteiger partial charge in [-0.2, -0.15) is 0 Å². The molecule has 1 aromatic heterocycles. The summed E-state index contributed by atoms with van der Waals surface area (Å²) in [5.74, 6) is -0.724. The molecule has 8 nitrogen and oxygen atoms in total. The lowest BCUT2D eigenvalue weighted by Gasteiger charge is -2.23. The Balaban J connectivity index is 2.13. The molecule has 170 valence electrons. The van der Waals surface area contributed by atoms with Crippen LogP contribution in [0.3, 0.4) is 0 Å². The van der Waals surface area contributed by atoms with Crippen LogP contribution in [0.2, 0.25) is 0 Å². The van der Waals surface area contributed by atoms with Crippen LogP contribution < -0.4 is 15.5 Å². The minimum atomic E-state index is -0.604. The Labute approximate surface area is 194 Å². The van der Waals surface area contributed by atoms with Crippen LogP contribution in [0.15, 0.2) is 40.2 Å². The highest BCUT2D eigenvalue weighted by molar-refractivity contribution is 9.11. The molecule has 2 unspecified atom stereocenters. The van der Waals surface area contributed by atoms with Gasteiger partial charge >= 0.3 is 0 Å². The summed E-state index contributed by atoms with van der Waals surface area (Å²) in [5.41, 5.74) is 2.60. The van der Waals surface area contributed by atoms with Crippen molar-refractivity contribution in [3.05, 3.63) is 50.6 Å². The van der Waals surface area contributed by atoms with E-state index in [1.54, 1.807) is 24.7 Å². The first-order valence-corrected chi connectivity index (χ1v) is 11.4. The van der Waals surface area contributed by atoms with E-state index < -0.39 is 17.9 Å². The number of hydrogen-bond donors (Lipinski definition) is 3. The number of hydroxylamine groups is 1. The van der Waals surface area contributed by atoms with Crippen molar-refractivity contribution >= 4 is 39.1 Å². The van der Waals surface area contributed by atoms with Crippen molar-refractivity contribution in [3.63, 3.8) is 0 Å². The number of methoxy groups -OCH3 is 1. The number of ether oxygens (including phenoxy) is 3. The van der Waals surface area contributed by atoms with E-state index in [1.807, 2.05) is 31.2 Å². The van der Waals surface area contributed by atoms with E-state index in [0.29, 0.717) is 23.7 Å². The predicted molar refractivity (Wildman–Crippen MR) is 120 cm³/mol. The first-order valence-electron chi connectivity index (χ1n) is 9.75. The van der Waals surface area contributed by atoms with Crippen molar-refractivity contribution in [2.45, 2.75) is 25.8 Å². The fraction of sp³-hybridized carbons (Fsp3) is 0.429. The quantitative estimate of drug-likeness (QED) is 0.164. The molecule has 10 heteroatoms. The highest BCUT2D eigenvalue weighted by Crippen LogP contribution is 2.23. The highest BCUT2D eigenvalue weighted by Gasteiger charge is 2.25. The summed E-state index contributed by atoms with van der Waals surface area (Å²) >= 11 is 4.66. The van der Waals surface area contributed by atoms with Gasteiger partial charge in [-0.25, -0.2) is 5.48 Å². The molecule has 2 aromatic rings. The number of carbonyl (C=O) groups is 2. The molecule has 3 N–H and O–H groups in total. The van der Waals surface area contributed by atoms with E-state index in [2.05, 4.69) is 21.2 Å². The zero-order valence-corrected chi connectivity index (χ0v) is 19.8. The van der Waals surface area contributed by atoms with Gasteiger partial charge in [0, 0.05) is 12.5 Å². The van der Waals surface area contributed by atoms with Gasteiger partial charge in [0.2, 0.25) is 5.91 Å². The Bertz CT molecular complexity index is 847. The molecule has 0 saturated carbocycles. The van der Waals surface area contributed by atoms with Crippen molar-refractivity contribution in [2.24, 2.45) is 5.92 Å². The fourth-order valence-corrected chi connectivity index (χ4v) is 4.29. The summed E-state index contributed by atoms with van der Waals surface area (Å²) in [6.45, 7) is 2.60. The lowest BCUT2D eigenvalue weighted by molar-refractivity contribution is -0.134. The summed E-state index contributed by atoms with van der Waals surface area (Å²) in [6, 6.07) is 10.4. The second-order valence-electron chi connectivity index (χ2n) is 6.72. The van der Waals surface area contributed by atoms with Crippen LogP contribution in [0, 0.1) is 5.92 Å². The number of rotatable bonds is 13. The molecule has 2 rings (SSSR count). The number of amides is 2. The third-order valence-corrected chi connectivity index (χ3v) is 6.11. The van der Waals surface area contributed by atoms with Gasteiger partial charge in [-0.05, 0) is 65.5 Å². The summed E-state index contributed by atoms with van der Waals surface area (Å²) in [6.07, 6.45) is 0.611. The van der Waals surface area contributed by atoms with Crippen LogP contribution >= 0.6 is 27.3 Å². The highest BCUT2D eigenvalue weighted by atomic mass is 79.9. The molecule has 0 spiro atoms. The van der Waals surface area contributed by atoms with Crippen LogP contribution in [-0.4, -0.2) is 50.2 Å². The maximum atomic E-state index is 12.6. The smallest absolute Gasteiger partial charge is 0.261 e. The number of nitrogens with one attached hydrogen (secondary N) is 2. The molecule has 0 bridgehead atoms. The Hall–Kier alpha value is -1.98. The van der Waals surface area contributed by atoms with Gasteiger partial charge in [-0.15, -0.1) is 11.3 Å². The molecule has 1 heterocycles. The zero-order chi connectivity index (χ0) is 22.6. The second-order valence-corrected chi connectivity index (χ2v) is 9.18. The van der Waals surface area contributed by atoms with Gasteiger partial charge in [-0.3, -0.25) is 14.8 Å². The summed E-state index contributed by atoms with van der Waals surface area (Å²) in [7, 11) is 1.57. The number of benzene rings is 1. The molecule has 0 aliphatic heterocycles. The molecule has 2 amide bonds. The lowest BCUT2D eigenvalue weighted by atomic mass is 9.92. The molecule has 31 heavy (non-hydrogen) atoms. The minimum Gasteiger partial charge on any atom is -0.497 e. The number of carbonyl (C=O) groups excluding carboxylic acids is 2. The van der Waals surface area contributed by atoms with Crippen molar-refractivity contribution in [2.75, 3.05) is 27.1 Å². The van der Waals surface area contributed by atoms with Crippen LogP contribution in [0.1, 0.15) is 28.6 Å². The normalized spacial score (nSPS) is 12.8. The largest absolute Gasteiger partial charge is 0.497 e. The third-order valence-electron chi connectivity index (χ3n) is 4.49. The molecule has 2 atom stereocenters. The summed E-state index contributed by atoms with van der Waals surface area (Å²) in [4.78, 5) is 25.6. The zero-order valence-electron chi connectivity index (χ0n) is 17.4. The SMILES string of the molecule is CCOCOCC(CC(Cc1cccc(OC)c1)C(=O)NO)NC(=O)c1ccc(Br)s1. The third kappa shape index (κ3) is 8.58. The van der Waals surface area contributed by atoms with Gasteiger partial charge in [0.15, 0.2) is 0 Å². The molecular weight excluding hydrogens is 488 g/mol. The van der Waals surface area contributed by atoms with Crippen LogP contribution in [0.4, 0.5) is 0 Å². The van der Waals surface area contributed by atoms with Gasteiger partial charge in [0.1, 0.15) is 12.5 Å². The Kier molecular flexibility index (Phi) is 11.0. The molecule has 0 saturated heterocycles. The van der Waals surface area contributed by atoms with Crippen molar-refractivity contribution < 1.29 is 29.0 Å². The van der Waals surface area contributed by atoms with Crippen molar-refractivity contribution in [3.8, 4) is 5.75 Å². The van der Waals surface area contributed by atoms with Crippen LogP contribution in [0.5, 0.6) is 5.75 Å². The van der Waals surface area contributed by atoms with Crippen LogP contribution in [-0.2, 0) is 20.7 Å². The molecule has 1 aromatic carbocycles. The minimum absolute atomic E-state index is 0.0835. The Morgan fingerprint density at radius 2 is 2.03 bits per heavy atom. The first kappa shape index (κ1) is 25.3. The molecule has 0 aliphatic rings. The van der Waals surface area contributed by atoms with E-state index in [4.69, 9.17) is 14.2 Å². The van der Waals surface area contributed by atoms with Crippen molar-refractivity contribution in [1.29, 1.82) is 0 Å². The Morgan fingerprint density at radius 3 is 2.68 bits per heavy atom. The number of thiophene rings is 1. The van der Waals surface area contributed by atoms with Gasteiger partial charge in [-0.1, -0.05) is 12.1 Å².